The first-order chi connectivity index (χ1) is 42.7. The highest BCUT2D eigenvalue weighted by Crippen LogP contribution is 2.53. The predicted molar refractivity (Wildman–Crippen MR) is 360 cm³/mol. The fraction of sp³-hybridized carbons (Fsp3) is 0. The first kappa shape index (κ1) is 48.3. The summed E-state index contributed by atoms with van der Waals surface area (Å²) in [4.78, 5) is 5.03. The molecular weight excluding hydrogens is 1080 g/mol. The molecule has 0 saturated carbocycles. The summed E-state index contributed by atoms with van der Waals surface area (Å²) in [7, 11) is 0. The molecule has 0 unspecified atom stereocenters. The summed E-state index contributed by atoms with van der Waals surface area (Å²) in [6, 6.07) is 103. The lowest BCUT2D eigenvalue weighted by Crippen LogP contribution is -2.57. The number of fused-ring (bicyclic) bond motifs is 14. The number of ether oxygens (including phenoxy) is 2. The van der Waals surface area contributed by atoms with Gasteiger partial charge in [0, 0.05) is 63.6 Å². The second kappa shape index (κ2) is 18.7. The summed E-state index contributed by atoms with van der Waals surface area (Å²) in [5.41, 5.74) is 23.4. The van der Waals surface area contributed by atoms with Crippen molar-refractivity contribution in [1.29, 1.82) is 0 Å². The van der Waals surface area contributed by atoms with Crippen LogP contribution in [0.1, 0.15) is 0 Å². The van der Waals surface area contributed by atoms with Crippen molar-refractivity contribution in [1.82, 2.24) is 9.13 Å². The fourth-order valence-electron chi connectivity index (χ4n) is 14.8. The summed E-state index contributed by atoms with van der Waals surface area (Å²) in [5.74, 6) is 3.67. The van der Waals surface area contributed by atoms with E-state index in [-0.39, 0.29) is 13.4 Å². The molecule has 0 amide bonds. The number of hydrogen-bond acceptors (Lipinski definition) is 4. The highest BCUT2D eigenvalue weighted by atomic mass is 32.2. The van der Waals surface area contributed by atoms with E-state index < -0.39 is 0 Å². The molecule has 4 aliphatic rings. The number of hydrogen-bond donors (Lipinski definition) is 0. The minimum atomic E-state index is 0.0907. The maximum atomic E-state index is 6.96. The van der Waals surface area contributed by atoms with Crippen molar-refractivity contribution in [2.45, 2.75) is 19.6 Å². The molecule has 4 aliphatic heterocycles. The molecule has 0 atom stereocenters. The molecule has 8 heteroatoms. The Labute approximate surface area is 506 Å². The zero-order valence-electron chi connectivity index (χ0n) is 46.2. The second-order valence-corrected chi connectivity index (χ2v) is 25.1. The summed E-state index contributed by atoms with van der Waals surface area (Å²) in [6.07, 6.45) is 0. The van der Waals surface area contributed by atoms with Crippen LogP contribution in [0.3, 0.4) is 0 Å². The Kier molecular flexibility index (Phi) is 10.5. The summed E-state index contributed by atoms with van der Waals surface area (Å²) < 4.78 is 19.0. The predicted octanol–water partition coefficient (Wildman–Crippen LogP) is 16.7. The van der Waals surface area contributed by atoms with E-state index in [0.717, 1.165) is 89.8 Å². The lowest BCUT2D eigenvalue weighted by molar-refractivity contribution is 0.486. The van der Waals surface area contributed by atoms with Crippen LogP contribution in [0.4, 0.5) is 0 Å². The standard InChI is InChI=1S/C78H46B2N2O2S2/c1-3-25-53(26-4-1)81-61-35-13-7-29-55(61)73-72(50-24-20-22-48(42-50)52-44-66-76-70(46-52)86-68-40-18-12-34-60(68)80(76)58-32-10-16-38-64(58)84-66)78-74(56-30-8-14-36-62(56)82(78)54-27-5-2-6-28-54)71(77(73)81)49-23-19-21-47(41-49)51-43-65-75-69(45-51)85-67-39-17-11-33-59(67)79(75)57-31-9-15-37-63(57)83-65/h1-46H. The molecule has 0 bridgehead atoms. The quantitative estimate of drug-likeness (QED) is 0.155. The van der Waals surface area contributed by atoms with E-state index in [1.165, 1.54) is 85.0 Å². The first-order valence-electron chi connectivity index (χ1n) is 29.4. The van der Waals surface area contributed by atoms with Crippen LogP contribution in [-0.2, 0) is 0 Å². The Morgan fingerprint density at radius 1 is 0.279 bits per heavy atom. The molecule has 0 fully saturated rings. The molecule has 19 rings (SSSR count). The molecule has 0 aliphatic carbocycles. The maximum absolute atomic E-state index is 6.96. The third kappa shape index (κ3) is 7.06. The number of nitrogens with zero attached hydrogens (tertiary/aromatic N) is 2. The van der Waals surface area contributed by atoms with Gasteiger partial charge < -0.3 is 18.6 Å². The average Bonchev–Trinajstić information content (AvgIpc) is 1.63. The van der Waals surface area contributed by atoms with Crippen molar-refractivity contribution < 1.29 is 9.47 Å². The minimum Gasteiger partial charge on any atom is -0.458 e. The Morgan fingerprint density at radius 3 is 1.13 bits per heavy atom. The number of aromatic nitrogens is 2. The Bertz CT molecular complexity index is 4920. The molecule has 0 saturated heterocycles. The molecule has 0 spiro atoms. The van der Waals surface area contributed by atoms with Crippen molar-refractivity contribution in [3.05, 3.63) is 279 Å². The van der Waals surface area contributed by atoms with Crippen LogP contribution < -0.4 is 42.3 Å². The summed E-state index contributed by atoms with van der Waals surface area (Å²) in [5, 5.41) is 4.74. The molecule has 4 nitrogen and oxygen atoms in total. The molecular formula is C78H46B2N2O2S2. The zero-order valence-corrected chi connectivity index (χ0v) is 47.9. The van der Waals surface area contributed by atoms with Crippen molar-refractivity contribution >= 4 is 113 Å². The van der Waals surface area contributed by atoms with Crippen molar-refractivity contribution in [3.63, 3.8) is 0 Å². The fourth-order valence-corrected chi connectivity index (χ4v) is 17.2. The van der Waals surface area contributed by atoms with Gasteiger partial charge in [0.2, 0.25) is 0 Å². The highest BCUT2D eigenvalue weighted by molar-refractivity contribution is 8.00. The van der Waals surface area contributed by atoms with E-state index in [0.29, 0.717) is 0 Å². The first-order valence-corrected chi connectivity index (χ1v) is 31.1. The third-order valence-corrected chi connectivity index (χ3v) is 20.6. The molecule has 398 valence electrons. The molecule has 13 aromatic carbocycles. The van der Waals surface area contributed by atoms with Gasteiger partial charge in [-0.15, -0.1) is 0 Å². The van der Waals surface area contributed by atoms with Crippen molar-refractivity contribution in [2.24, 2.45) is 0 Å². The van der Waals surface area contributed by atoms with Crippen LogP contribution in [0.25, 0.3) is 99.5 Å². The van der Waals surface area contributed by atoms with Gasteiger partial charge in [-0.05, 0) is 152 Å². The van der Waals surface area contributed by atoms with Gasteiger partial charge in [0.05, 0.1) is 22.1 Å². The van der Waals surface area contributed by atoms with E-state index >= 15 is 0 Å². The van der Waals surface area contributed by atoms with Gasteiger partial charge in [-0.1, -0.05) is 216 Å². The van der Waals surface area contributed by atoms with E-state index in [4.69, 9.17) is 9.47 Å². The van der Waals surface area contributed by atoms with Crippen LogP contribution in [0.2, 0.25) is 0 Å². The molecule has 15 aromatic rings. The second-order valence-electron chi connectivity index (χ2n) is 22.9. The topological polar surface area (TPSA) is 28.3 Å². The van der Waals surface area contributed by atoms with Crippen LogP contribution in [0.15, 0.2) is 299 Å². The van der Waals surface area contributed by atoms with E-state index in [2.05, 4.69) is 288 Å². The minimum absolute atomic E-state index is 0.0907. The highest BCUT2D eigenvalue weighted by Gasteiger charge is 2.41. The van der Waals surface area contributed by atoms with Crippen molar-refractivity contribution in [3.8, 4) is 78.9 Å². The molecule has 2 aromatic heterocycles. The number of para-hydroxylation sites is 6. The van der Waals surface area contributed by atoms with Crippen molar-refractivity contribution in [2.75, 3.05) is 0 Å². The Hall–Kier alpha value is -10.1. The molecule has 6 heterocycles. The lowest BCUT2D eigenvalue weighted by atomic mass is 9.35. The normalized spacial score (nSPS) is 13.2. The lowest BCUT2D eigenvalue weighted by Gasteiger charge is -2.33. The van der Waals surface area contributed by atoms with Crippen LogP contribution in [0, 0.1) is 0 Å². The molecule has 0 radical (unpaired) electrons. The smallest absolute Gasteiger partial charge is 0.253 e. The van der Waals surface area contributed by atoms with Gasteiger partial charge in [-0.25, -0.2) is 0 Å². The molecule has 86 heavy (non-hydrogen) atoms. The number of rotatable bonds is 6. The SMILES string of the molecule is c1ccc(-n2c3ccccc3c3c(-c4cccc(-c5cc6c7c(c5)Sc5ccccc5B7c5ccccc5O6)c4)c4c(c(-c5cccc(-c6cc7c8c(c6)Sc6ccccc6B8c6ccccc6O7)c5)c32)c2ccccc2n4-c2ccccc2)cc1. The molecule has 0 N–H and O–H groups in total. The summed E-state index contributed by atoms with van der Waals surface area (Å²) in [6.45, 7) is 0.181. The van der Waals surface area contributed by atoms with Crippen LogP contribution in [-0.4, -0.2) is 22.6 Å². The van der Waals surface area contributed by atoms with Crippen LogP contribution >= 0.6 is 23.5 Å². The van der Waals surface area contributed by atoms with Gasteiger partial charge in [0.25, 0.3) is 13.4 Å². The van der Waals surface area contributed by atoms with Gasteiger partial charge in [0.1, 0.15) is 23.0 Å². The largest absolute Gasteiger partial charge is 0.458 e. The van der Waals surface area contributed by atoms with Gasteiger partial charge in [-0.3, -0.25) is 0 Å². The van der Waals surface area contributed by atoms with Gasteiger partial charge in [0.15, 0.2) is 0 Å². The van der Waals surface area contributed by atoms with E-state index in [1.54, 1.807) is 0 Å². The Balaban J connectivity index is 0.892. The maximum Gasteiger partial charge on any atom is 0.253 e. The number of benzene rings is 13. The third-order valence-electron chi connectivity index (χ3n) is 18.3. The van der Waals surface area contributed by atoms with Gasteiger partial charge >= 0.3 is 0 Å². The van der Waals surface area contributed by atoms with E-state index in [9.17, 15) is 0 Å². The average molecular weight is 1130 g/mol. The monoisotopic (exact) mass is 1130 g/mol. The van der Waals surface area contributed by atoms with Gasteiger partial charge in [-0.2, -0.15) is 0 Å². The Morgan fingerprint density at radius 2 is 0.663 bits per heavy atom. The zero-order chi connectivity index (χ0) is 56.1. The van der Waals surface area contributed by atoms with Crippen LogP contribution in [0.5, 0.6) is 23.0 Å². The van der Waals surface area contributed by atoms with E-state index in [1.807, 2.05) is 23.5 Å². The summed E-state index contributed by atoms with van der Waals surface area (Å²) >= 11 is 3.71.